The second kappa shape index (κ2) is 3.77. The third kappa shape index (κ3) is 1.92. The average Bonchev–Trinajstić information content (AvgIpc) is 2.19. The molecule has 0 unspecified atom stereocenters. The van der Waals surface area contributed by atoms with E-state index in [-0.39, 0.29) is 5.69 Å². The second-order valence-corrected chi connectivity index (χ2v) is 3.81. The van der Waals surface area contributed by atoms with E-state index in [1.807, 2.05) is 0 Å². The zero-order valence-corrected chi connectivity index (χ0v) is 8.23. The number of hydrogen-bond donors (Lipinski definition) is 1. The predicted octanol–water partition coefficient (Wildman–Crippen LogP) is 0.401. The highest BCUT2D eigenvalue weighted by molar-refractivity contribution is 5.34. The molecule has 1 aliphatic rings. The lowest BCUT2D eigenvalue weighted by Gasteiger charge is -2.30. The molecular weight excluding hydrogens is 180 g/mol. The minimum absolute atomic E-state index is 0.374. The molecule has 1 aliphatic heterocycles. The zero-order chi connectivity index (χ0) is 9.97. The predicted molar refractivity (Wildman–Crippen MR) is 53.3 cm³/mol. The molecule has 2 rings (SSSR count). The number of piperidine rings is 1. The van der Waals surface area contributed by atoms with Gasteiger partial charge < -0.3 is 4.90 Å². The van der Waals surface area contributed by atoms with Crippen LogP contribution in [0.25, 0.3) is 0 Å². The first-order chi connectivity index (χ1) is 6.75. The van der Waals surface area contributed by atoms with Crippen LogP contribution in [0.2, 0.25) is 0 Å². The summed E-state index contributed by atoms with van der Waals surface area (Å²) in [6, 6.07) is 0. The van der Waals surface area contributed by atoms with Gasteiger partial charge in [-0.05, 0) is 18.8 Å². The Morgan fingerprint density at radius 3 is 2.86 bits per heavy atom. The fourth-order valence-electron chi connectivity index (χ4n) is 1.69. The van der Waals surface area contributed by atoms with Gasteiger partial charge in [0.25, 0.3) is 0 Å². The molecule has 0 aromatic carbocycles. The monoisotopic (exact) mass is 194 g/mol. The van der Waals surface area contributed by atoms with Crippen LogP contribution in [0.3, 0.4) is 0 Å². The maximum absolute atomic E-state index is 10.9. The van der Waals surface area contributed by atoms with Crippen molar-refractivity contribution in [2.45, 2.75) is 19.8 Å². The standard InChI is InChI=1S/C9H14N4O/c1-7-2-4-13(5-3-7)8-6-10-12-9(14)11-8/h6-7H,2-5H2,1H3,(H,11,12,14). The molecule has 2 heterocycles. The van der Waals surface area contributed by atoms with Crippen LogP contribution in [0.15, 0.2) is 11.0 Å². The van der Waals surface area contributed by atoms with Gasteiger partial charge >= 0.3 is 5.69 Å². The first-order valence-electron chi connectivity index (χ1n) is 4.92. The van der Waals surface area contributed by atoms with E-state index in [4.69, 9.17) is 0 Å². The summed E-state index contributed by atoms with van der Waals surface area (Å²) in [5.74, 6) is 1.47. The number of rotatable bonds is 1. The Labute approximate surface area is 82.2 Å². The third-order valence-corrected chi connectivity index (χ3v) is 2.66. The minimum Gasteiger partial charge on any atom is -0.355 e. The van der Waals surface area contributed by atoms with Crippen molar-refractivity contribution < 1.29 is 0 Å². The van der Waals surface area contributed by atoms with Crippen molar-refractivity contribution in [3.63, 3.8) is 0 Å². The van der Waals surface area contributed by atoms with Crippen molar-refractivity contribution in [2.75, 3.05) is 18.0 Å². The molecule has 0 bridgehead atoms. The van der Waals surface area contributed by atoms with Crippen LogP contribution in [0.1, 0.15) is 19.8 Å². The molecule has 0 amide bonds. The highest BCUT2D eigenvalue weighted by atomic mass is 16.1. The van der Waals surface area contributed by atoms with Gasteiger partial charge in [-0.25, -0.2) is 9.89 Å². The van der Waals surface area contributed by atoms with Crippen LogP contribution in [-0.2, 0) is 0 Å². The quantitative estimate of drug-likeness (QED) is 0.703. The summed E-state index contributed by atoms with van der Waals surface area (Å²) in [6.07, 6.45) is 3.93. The van der Waals surface area contributed by atoms with Gasteiger partial charge in [0, 0.05) is 13.1 Å². The lowest BCUT2D eigenvalue weighted by atomic mass is 9.99. The van der Waals surface area contributed by atoms with E-state index in [0.717, 1.165) is 31.8 Å². The number of aromatic nitrogens is 3. The Kier molecular flexibility index (Phi) is 2.47. The largest absolute Gasteiger partial charge is 0.363 e. The number of aromatic amines is 1. The Bertz CT molecular complexity index is 354. The summed E-state index contributed by atoms with van der Waals surface area (Å²) < 4.78 is 0. The summed E-state index contributed by atoms with van der Waals surface area (Å²) in [7, 11) is 0. The van der Waals surface area contributed by atoms with Crippen molar-refractivity contribution in [2.24, 2.45) is 5.92 Å². The number of nitrogens with zero attached hydrogens (tertiary/aromatic N) is 3. The topological polar surface area (TPSA) is 61.9 Å². The van der Waals surface area contributed by atoms with Crippen molar-refractivity contribution in [3.8, 4) is 0 Å². The molecule has 0 aliphatic carbocycles. The van der Waals surface area contributed by atoms with Crippen molar-refractivity contribution >= 4 is 5.82 Å². The average molecular weight is 194 g/mol. The third-order valence-electron chi connectivity index (χ3n) is 2.66. The van der Waals surface area contributed by atoms with E-state index < -0.39 is 0 Å². The molecule has 5 nitrogen and oxygen atoms in total. The van der Waals surface area contributed by atoms with E-state index in [9.17, 15) is 4.79 Å². The Balaban J connectivity index is 2.12. The summed E-state index contributed by atoms with van der Waals surface area (Å²) >= 11 is 0. The Morgan fingerprint density at radius 2 is 2.21 bits per heavy atom. The minimum atomic E-state index is -0.374. The van der Waals surface area contributed by atoms with Crippen LogP contribution >= 0.6 is 0 Å². The van der Waals surface area contributed by atoms with Gasteiger partial charge in [-0.15, -0.1) is 0 Å². The molecule has 0 atom stereocenters. The highest BCUT2D eigenvalue weighted by Crippen LogP contribution is 2.19. The number of nitrogens with one attached hydrogen (secondary N) is 1. The number of hydrogen-bond acceptors (Lipinski definition) is 4. The number of H-pyrrole nitrogens is 1. The molecular formula is C9H14N4O. The summed E-state index contributed by atoms with van der Waals surface area (Å²) in [6.45, 7) is 4.19. The van der Waals surface area contributed by atoms with Crippen LogP contribution in [0.4, 0.5) is 5.82 Å². The van der Waals surface area contributed by atoms with Gasteiger partial charge in [0.1, 0.15) is 0 Å². The first-order valence-corrected chi connectivity index (χ1v) is 4.92. The van der Waals surface area contributed by atoms with Gasteiger partial charge in [-0.1, -0.05) is 6.92 Å². The first kappa shape index (κ1) is 9.18. The smallest absolute Gasteiger partial charge is 0.355 e. The van der Waals surface area contributed by atoms with E-state index >= 15 is 0 Å². The lowest BCUT2D eigenvalue weighted by molar-refractivity contribution is 0.436. The van der Waals surface area contributed by atoms with E-state index in [2.05, 4.69) is 27.0 Å². The molecule has 0 spiro atoms. The Hall–Kier alpha value is -1.39. The summed E-state index contributed by atoms with van der Waals surface area (Å²) in [5.41, 5.74) is -0.374. The normalized spacial score (nSPS) is 18.5. The molecule has 1 N–H and O–H groups in total. The van der Waals surface area contributed by atoms with Gasteiger partial charge in [0.15, 0.2) is 5.82 Å². The molecule has 14 heavy (non-hydrogen) atoms. The fraction of sp³-hybridized carbons (Fsp3) is 0.667. The molecule has 76 valence electrons. The SMILES string of the molecule is CC1CCN(c2cn[nH]c(=O)n2)CC1. The maximum atomic E-state index is 10.9. The van der Waals surface area contributed by atoms with Crippen molar-refractivity contribution in [3.05, 3.63) is 16.7 Å². The fourth-order valence-corrected chi connectivity index (χ4v) is 1.69. The molecule has 0 radical (unpaired) electrons. The van der Waals surface area contributed by atoms with E-state index in [1.165, 1.54) is 0 Å². The summed E-state index contributed by atoms with van der Waals surface area (Å²) in [4.78, 5) is 16.9. The molecule has 1 aromatic heterocycles. The van der Waals surface area contributed by atoms with Gasteiger partial charge in [-0.3, -0.25) is 0 Å². The summed E-state index contributed by atoms with van der Waals surface area (Å²) in [5, 5.41) is 6.01. The van der Waals surface area contributed by atoms with Crippen molar-refractivity contribution in [1.29, 1.82) is 0 Å². The lowest BCUT2D eigenvalue weighted by Crippen LogP contribution is -2.34. The Morgan fingerprint density at radius 1 is 1.50 bits per heavy atom. The highest BCUT2D eigenvalue weighted by Gasteiger charge is 2.17. The van der Waals surface area contributed by atoms with Crippen LogP contribution in [0, 0.1) is 5.92 Å². The molecule has 1 saturated heterocycles. The zero-order valence-electron chi connectivity index (χ0n) is 8.23. The molecule has 1 aromatic rings. The van der Waals surface area contributed by atoms with E-state index in [0.29, 0.717) is 5.82 Å². The van der Waals surface area contributed by atoms with Gasteiger partial charge in [0.2, 0.25) is 0 Å². The molecule has 5 heteroatoms. The van der Waals surface area contributed by atoms with E-state index in [1.54, 1.807) is 6.20 Å². The number of anilines is 1. The van der Waals surface area contributed by atoms with Crippen molar-refractivity contribution in [1.82, 2.24) is 15.2 Å². The molecule has 1 fully saturated rings. The second-order valence-electron chi connectivity index (χ2n) is 3.81. The van der Waals surface area contributed by atoms with Crippen LogP contribution in [0.5, 0.6) is 0 Å². The van der Waals surface area contributed by atoms with Gasteiger partial charge in [0.05, 0.1) is 6.20 Å². The van der Waals surface area contributed by atoms with Crippen LogP contribution < -0.4 is 10.6 Å². The van der Waals surface area contributed by atoms with Gasteiger partial charge in [-0.2, -0.15) is 10.1 Å². The van der Waals surface area contributed by atoms with Crippen LogP contribution in [-0.4, -0.2) is 28.3 Å². The maximum Gasteiger partial charge on any atom is 0.363 e. The molecule has 0 saturated carbocycles.